The van der Waals surface area contributed by atoms with Crippen molar-refractivity contribution in [3.63, 3.8) is 0 Å². The van der Waals surface area contributed by atoms with Crippen LogP contribution in [0, 0.1) is 5.92 Å². The number of piperazine rings is 1. The number of nitrogens with zero attached hydrogens (tertiary/aromatic N) is 2. The molecule has 1 rings (SSSR count). The van der Waals surface area contributed by atoms with Gasteiger partial charge >= 0.3 is 0 Å². The van der Waals surface area contributed by atoms with E-state index >= 15 is 0 Å². The maximum atomic E-state index is 3.61. The molecule has 0 aromatic heterocycles. The van der Waals surface area contributed by atoms with E-state index in [2.05, 4.69) is 56.7 Å². The fourth-order valence-corrected chi connectivity index (χ4v) is 2.91. The van der Waals surface area contributed by atoms with Crippen molar-refractivity contribution in [2.75, 3.05) is 32.7 Å². The average molecular weight is 269 g/mol. The lowest BCUT2D eigenvalue weighted by Gasteiger charge is -2.43. The number of hydrogen-bond acceptors (Lipinski definition) is 3. The van der Waals surface area contributed by atoms with Crippen molar-refractivity contribution in [3.8, 4) is 0 Å². The van der Waals surface area contributed by atoms with Crippen LogP contribution < -0.4 is 5.32 Å². The Bertz CT molecular complexity index is 232. The van der Waals surface area contributed by atoms with Crippen molar-refractivity contribution >= 4 is 0 Å². The third kappa shape index (κ3) is 5.41. The summed E-state index contributed by atoms with van der Waals surface area (Å²) in [7, 11) is 0. The van der Waals surface area contributed by atoms with Crippen LogP contribution >= 0.6 is 0 Å². The Morgan fingerprint density at radius 2 is 1.42 bits per heavy atom. The molecule has 1 N–H and O–H groups in total. The first-order valence-corrected chi connectivity index (χ1v) is 8.17. The highest BCUT2D eigenvalue weighted by molar-refractivity contribution is 4.83. The van der Waals surface area contributed by atoms with Gasteiger partial charge < -0.3 is 5.32 Å². The molecule has 1 aliphatic rings. The van der Waals surface area contributed by atoms with Crippen LogP contribution in [0.15, 0.2) is 0 Å². The normalized spacial score (nSPS) is 22.1. The van der Waals surface area contributed by atoms with Crippen LogP contribution in [0.2, 0.25) is 0 Å². The van der Waals surface area contributed by atoms with Crippen molar-refractivity contribution < 1.29 is 0 Å². The van der Waals surface area contributed by atoms with Crippen molar-refractivity contribution in [2.45, 2.75) is 66.1 Å². The van der Waals surface area contributed by atoms with E-state index in [0.29, 0.717) is 12.1 Å². The van der Waals surface area contributed by atoms with Gasteiger partial charge in [-0.3, -0.25) is 9.80 Å². The van der Waals surface area contributed by atoms with Gasteiger partial charge in [0, 0.05) is 50.8 Å². The standard InChI is InChI=1S/C16H35N3/c1-7-15(6)18-8-10-19(11-9-18)16(13(2)3)12-17-14(4)5/h13-17H,7-12H2,1-6H3. The monoisotopic (exact) mass is 269 g/mol. The molecule has 0 aromatic carbocycles. The first-order valence-electron chi connectivity index (χ1n) is 8.17. The maximum Gasteiger partial charge on any atom is 0.0244 e. The summed E-state index contributed by atoms with van der Waals surface area (Å²) in [6.45, 7) is 19.9. The topological polar surface area (TPSA) is 18.5 Å². The Morgan fingerprint density at radius 1 is 0.895 bits per heavy atom. The van der Waals surface area contributed by atoms with E-state index in [-0.39, 0.29) is 0 Å². The molecule has 0 bridgehead atoms. The fourth-order valence-electron chi connectivity index (χ4n) is 2.91. The van der Waals surface area contributed by atoms with Gasteiger partial charge in [0.1, 0.15) is 0 Å². The lowest BCUT2D eigenvalue weighted by molar-refractivity contribution is 0.0562. The summed E-state index contributed by atoms with van der Waals surface area (Å²) in [6.07, 6.45) is 1.27. The molecule has 2 atom stereocenters. The second-order valence-electron chi connectivity index (χ2n) is 6.70. The molecule has 0 radical (unpaired) electrons. The van der Waals surface area contributed by atoms with Crippen LogP contribution in [-0.4, -0.2) is 60.6 Å². The molecule has 3 nitrogen and oxygen atoms in total. The molecule has 1 aliphatic heterocycles. The molecule has 1 saturated heterocycles. The Balaban J connectivity index is 2.45. The molecule has 1 fully saturated rings. The molecular formula is C16H35N3. The SMILES string of the molecule is CCC(C)N1CCN(C(CNC(C)C)C(C)C)CC1. The van der Waals surface area contributed by atoms with Gasteiger partial charge in [0.2, 0.25) is 0 Å². The van der Waals surface area contributed by atoms with Crippen LogP contribution in [0.25, 0.3) is 0 Å². The zero-order chi connectivity index (χ0) is 14.4. The van der Waals surface area contributed by atoms with E-state index in [0.717, 1.165) is 18.5 Å². The molecular weight excluding hydrogens is 234 g/mol. The highest BCUT2D eigenvalue weighted by Crippen LogP contribution is 2.15. The van der Waals surface area contributed by atoms with Gasteiger partial charge in [0.15, 0.2) is 0 Å². The van der Waals surface area contributed by atoms with Crippen LogP contribution in [0.5, 0.6) is 0 Å². The molecule has 19 heavy (non-hydrogen) atoms. The number of hydrogen-bond donors (Lipinski definition) is 1. The third-order valence-corrected chi connectivity index (χ3v) is 4.54. The summed E-state index contributed by atoms with van der Waals surface area (Å²) >= 11 is 0. The Labute approximate surface area is 120 Å². The highest BCUT2D eigenvalue weighted by atomic mass is 15.3. The quantitative estimate of drug-likeness (QED) is 0.766. The zero-order valence-corrected chi connectivity index (χ0v) is 13.9. The summed E-state index contributed by atoms with van der Waals surface area (Å²) in [5, 5.41) is 3.61. The molecule has 3 heteroatoms. The molecule has 0 spiro atoms. The second-order valence-corrected chi connectivity index (χ2v) is 6.70. The molecule has 0 aromatic rings. The molecule has 1 heterocycles. The number of nitrogens with one attached hydrogen (secondary N) is 1. The Morgan fingerprint density at radius 3 is 1.84 bits per heavy atom. The van der Waals surface area contributed by atoms with Crippen molar-refractivity contribution in [2.24, 2.45) is 5.92 Å². The van der Waals surface area contributed by atoms with Gasteiger partial charge in [0.05, 0.1) is 0 Å². The Kier molecular flexibility index (Phi) is 7.33. The summed E-state index contributed by atoms with van der Waals surface area (Å²) in [5.41, 5.74) is 0. The maximum absolute atomic E-state index is 3.61. The fraction of sp³-hybridized carbons (Fsp3) is 1.00. The third-order valence-electron chi connectivity index (χ3n) is 4.54. The van der Waals surface area contributed by atoms with Crippen LogP contribution in [0.3, 0.4) is 0 Å². The summed E-state index contributed by atoms with van der Waals surface area (Å²) in [4.78, 5) is 5.34. The lowest BCUT2D eigenvalue weighted by Crippen LogP contribution is -2.56. The predicted octanol–water partition coefficient (Wildman–Crippen LogP) is 2.43. The summed E-state index contributed by atoms with van der Waals surface area (Å²) in [6, 6.07) is 2.01. The van der Waals surface area contributed by atoms with E-state index in [1.54, 1.807) is 0 Å². The minimum atomic E-state index is 0.586. The van der Waals surface area contributed by atoms with E-state index in [1.165, 1.54) is 32.6 Å². The Hall–Kier alpha value is -0.120. The molecule has 2 unspecified atom stereocenters. The summed E-state index contributed by atoms with van der Waals surface area (Å²) in [5.74, 6) is 0.724. The predicted molar refractivity (Wildman–Crippen MR) is 84.7 cm³/mol. The smallest absolute Gasteiger partial charge is 0.0244 e. The van der Waals surface area contributed by atoms with E-state index in [1.807, 2.05) is 0 Å². The van der Waals surface area contributed by atoms with Crippen LogP contribution in [0.1, 0.15) is 48.0 Å². The van der Waals surface area contributed by atoms with Gasteiger partial charge in [-0.2, -0.15) is 0 Å². The van der Waals surface area contributed by atoms with Gasteiger partial charge in [-0.1, -0.05) is 34.6 Å². The molecule has 0 saturated carbocycles. The second kappa shape index (κ2) is 8.23. The molecule has 0 amide bonds. The van der Waals surface area contributed by atoms with E-state index in [9.17, 15) is 0 Å². The van der Waals surface area contributed by atoms with Gasteiger partial charge in [-0.25, -0.2) is 0 Å². The van der Waals surface area contributed by atoms with Crippen molar-refractivity contribution in [3.05, 3.63) is 0 Å². The van der Waals surface area contributed by atoms with Gasteiger partial charge in [0.25, 0.3) is 0 Å². The first kappa shape index (κ1) is 16.9. The minimum absolute atomic E-state index is 0.586. The van der Waals surface area contributed by atoms with Gasteiger partial charge in [-0.15, -0.1) is 0 Å². The first-order chi connectivity index (χ1) is 8.95. The number of rotatable bonds is 7. The lowest BCUT2D eigenvalue weighted by atomic mass is 10.0. The van der Waals surface area contributed by atoms with E-state index < -0.39 is 0 Å². The summed E-state index contributed by atoms with van der Waals surface area (Å²) < 4.78 is 0. The average Bonchev–Trinajstić information content (AvgIpc) is 2.38. The largest absolute Gasteiger partial charge is 0.313 e. The van der Waals surface area contributed by atoms with Crippen molar-refractivity contribution in [1.29, 1.82) is 0 Å². The molecule has 0 aliphatic carbocycles. The van der Waals surface area contributed by atoms with Gasteiger partial charge in [-0.05, 0) is 19.3 Å². The zero-order valence-electron chi connectivity index (χ0n) is 13.9. The molecule has 114 valence electrons. The minimum Gasteiger partial charge on any atom is -0.313 e. The highest BCUT2D eigenvalue weighted by Gasteiger charge is 2.27. The van der Waals surface area contributed by atoms with Crippen LogP contribution in [0.4, 0.5) is 0 Å². The van der Waals surface area contributed by atoms with E-state index in [4.69, 9.17) is 0 Å². The van der Waals surface area contributed by atoms with Crippen LogP contribution in [-0.2, 0) is 0 Å². The van der Waals surface area contributed by atoms with Crippen molar-refractivity contribution in [1.82, 2.24) is 15.1 Å².